The number of aromatic nitrogens is 3. The Balaban J connectivity index is 1.89. The Morgan fingerprint density at radius 3 is 2.51 bits per heavy atom. The monoisotopic (exact) mass is 549 g/mol. The molecule has 0 saturated heterocycles. The molecule has 2 rings (SSSR count). The topological polar surface area (TPSA) is 132 Å². The largest absolute Gasteiger partial charge is 0.480 e. The van der Waals surface area contributed by atoms with Gasteiger partial charge in [0, 0.05) is 51.7 Å². The number of carboxylic acid groups (broad SMARTS) is 1. The van der Waals surface area contributed by atoms with Gasteiger partial charge in [0.05, 0.1) is 4.47 Å². The van der Waals surface area contributed by atoms with Gasteiger partial charge in [-0.25, -0.2) is 19.7 Å². The Hall–Kier alpha value is -2.79. The molecule has 11 heteroatoms. The van der Waals surface area contributed by atoms with E-state index >= 15 is 0 Å². The minimum atomic E-state index is -0.958. The van der Waals surface area contributed by atoms with Crippen LogP contribution in [0.5, 0.6) is 0 Å². The van der Waals surface area contributed by atoms with Crippen LogP contribution in [0.4, 0.5) is 11.8 Å². The summed E-state index contributed by atoms with van der Waals surface area (Å²) in [7, 11) is 1.89. The van der Waals surface area contributed by atoms with Crippen molar-refractivity contribution >= 4 is 39.6 Å². The standard InChI is InChI=1S/C24H36BrN7O3/c1-4-18-8-9-20(30-22(18)26-3)7-5-6-12-32(14-11-27-17(2)33)13-10-21(23(34)35)31-24-28-15-19(25)16-29-24/h8-9,15-16,21H,4-7,10-14H2,1-3H3,(H,26,30)(H,27,33)(H,34,35)(H,28,29,31). The van der Waals surface area contributed by atoms with Gasteiger partial charge in [-0.15, -0.1) is 0 Å². The molecule has 10 nitrogen and oxygen atoms in total. The number of pyridine rings is 1. The van der Waals surface area contributed by atoms with Gasteiger partial charge in [-0.05, 0) is 66.2 Å². The van der Waals surface area contributed by atoms with Gasteiger partial charge in [0.25, 0.3) is 0 Å². The first-order valence-electron chi connectivity index (χ1n) is 11.9. The van der Waals surface area contributed by atoms with Crippen LogP contribution in [-0.4, -0.2) is 76.1 Å². The molecule has 2 aromatic rings. The highest BCUT2D eigenvalue weighted by Gasteiger charge is 2.20. The lowest BCUT2D eigenvalue weighted by molar-refractivity contribution is -0.138. The number of nitrogens with one attached hydrogen (secondary N) is 3. The van der Waals surface area contributed by atoms with Gasteiger partial charge in [-0.3, -0.25) is 4.79 Å². The Morgan fingerprint density at radius 2 is 1.89 bits per heavy atom. The first-order valence-corrected chi connectivity index (χ1v) is 12.7. The summed E-state index contributed by atoms with van der Waals surface area (Å²) in [6, 6.07) is 3.39. The van der Waals surface area contributed by atoms with Crippen molar-refractivity contribution in [2.45, 2.75) is 52.0 Å². The molecule has 0 saturated carbocycles. The first-order chi connectivity index (χ1) is 16.8. The van der Waals surface area contributed by atoms with Crippen molar-refractivity contribution in [2.75, 3.05) is 43.9 Å². The summed E-state index contributed by atoms with van der Waals surface area (Å²) in [4.78, 5) is 38.2. The summed E-state index contributed by atoms with van der Waals surface area (Å²) >= 11 is 3.27. The van der Waals surface area contributed by atoms with Crippen LogP contribution in [0.1, 0.15) is 44.4 Å². The first kappa shape index (κ1) is 28.4. The number of rotatable bonds is 16. The minimum absolute atomic E-state index is 0.0793. The molecule has 35 heavy (non-hydrogen) atoms. The molecule has 0 spiro atoms. The van der Waals surface area contributed by atoms with Crippen LogP contribution in [0, 0.1) is 0 Å². The van der Waals surface area contributed by atoms with Crippen molar-refractivity contribution in [1.29, 1.82) is 0 Å². The summed E-state index contributed by atoms with van der Waals surface area (Å²) in [6.45, 7) is 6.13. The molecular weight excluding hydrogens is 514 g/mol. The number of amides is 1. The van der Waals surface area contributed by atoms with Crippen molar-refractivity contribution in [2.24, 2.45) is 0 Å². The Morgan fingerprint density at radius 1 is 1.14 bits per heavy atom. The maximum absolute atomic E-state index is 11.8. The number of halogens is 1. The van der Waals surface area contributed by atoms with Crippen LogP contribution in [0.15, 0.2) is 29.0 Å². The third kappa shape index (κ3) is 10.6. The third-order valence-corrected chi connectivity index (χ3v) is 5.98. The second kappa shape index (κ2) is 15.3. The number of aryl methyl sites for hydroxylation is 2. The average Bonchev–Trinajstić information content (AvgIpc) is 2.84. The number of nitrogens with zero attached hydrogens (tertiary/aromatic N) is 4. The van der Waals surface area contributed by atoms with E-state index < -0.39 is 12.0 Å². The number of carbonyl (C=O) groups excluding carboxylic acids is 1. The number of unbranched alkanes of at least 4 members (excludes halogenated alkanes) is 1. The minimum Gasteiger partial charge on any atom is -0.480 e. The lowest BCUT2D eigenvalue weighted by Gasteiger charge is -2.24. The Bertz CT molecular complexity index is 943. The van der Waals surface area contributed by atoms with Gasteiger partial charge in [-0.1, -0.05) is 13.0 Å². The molecule has 1 atom stereocenters. The van der Waals surface area contributed by atoms with Gasteiger partial charge >= 0.3 is 5.97 Å². The molecule has 192 valence electrons. The molecule has 0 radical (unpaired) electrons. The number of carbonyl (C=O) groups is 2. The fourth-order valence-corrected chi connectivity index (χ4v) is 3.85. The average molecular weight is 551 g/mol. The lowest BCUT2D eigenvalue weighted by atomic mass is 10.1. The number of hydrogen-bond acceptors (Lipinski definition) is 8. The Labute approximate surface area is 215 Å². The van der Waals surface area contributed by atoms with Crippen LogP contribution < -0.4 is 16.0 Å². The molecule has 1 unspecified atom stereocenters. The van der Waals surface area contributed by atoms with Gasteiger partial charge in [-0.2, -0.15) is 0 Å². The molecule has 0 aliphatic rings. The summed E-state index contributed by atoms with van der Waals surface area (Å²) in [5.74, 6) is 0.168. The molecule has 0 bridgehead atoms. The highest BCUT2D eigenvalue weighted by atomic mass is 79.9. The summed E-state index contributed by atoms with van der Waals surface area (Å²) in [5, 5.41) is 18.5. The molecule has 1 amide bonds. The number of aliphatic carboxylic acids is 1. The smallest absolute Gasteiger partial charge is 0.326 e. The van der Waals surface area contributed by atoms with Crippen molar-refractivity contribution in [1.82, 2.24) is 25.2 Å². The van der Waals surface area contributed by atoms with Crippen LogP contribution in [0.25, 0.3) is 0 Å². The number of carboxylic acids is 1. The van der Waals surface area contributed by atoms with E-state index in [1.54, 1.807) is 12.4 Å². The predicted molar refractivity (Wildman–Crippen MR) is 141 cm³/mol. The zero-order chi connectivity index (χ0) is 25.6. The van der Waals surface area contributed by atoms with E-state index in [0.29, 0.717) is 26.1 Å². The number of anilines is 2. The van der Waals surface area contributed by atoms with E-state index in [9.17, 15) is 14.7 Å². The second-order valence-corrected chi connectivity index (χ2v) is 9.16. The van der Waals surface area contributed by atoms with Crippen LogP contribution in [-0.2, 0) is 22.4 Å². The van der Waals surface area contributed by atoms with Crippen molar-refractivity contribution < 1.29 is 14.7 Å². The van der Waals surface area contributed by atoms with Crippen molar-refractivity contribution in [3.63, 3.8) is 0 Å². The molecule has 0 fully saturated rings. The van der Waals surface area contributed by atoms with E-state index in [0.717, 1.165) is 48.2 Å². The molecule has 2 aromatic heterocycles. The van der Waals surface area contributed by atoms with Gasteiger partial charge in [0.1, 0.15) is 11.9 Å². The molecule has 4 N–H and O–H groups in total. The maximum Gasteiger partial charge on any atom is 0.326 e. The quantitative estimate of drug-likeness (QED) is 0.233. The van der Waals surface area contributed by atoms with Gasteiger partial charge in [0.2, 0.25) is 11.9 Å². The predicted octanol–water partition coefficient (Wildman–Crippen LogP) is 2.95. The van der Waals surface area contributed by atoms with Gasteiger partial charge < -0.3 is 26.0 Å². The summed E-state index contributed by atoms with van der Waals surface area (Å²) in [6.07, 6.45) is 7.22. The number of hydrogen-bond donors (Lipinski definition) is 4. The van der Waals surface area contributed by atoms with E-state index in [1.165, 1.54) is 12.5 Å². The fourth-order valence-electron chi connectivity index (χ4n) is 3.65. The molecule has 2 heterocycles. The van der Waals surface area contributed by atoms with Crippen LogP contribution in [0.2, 0.25) is 0 Å². The van der Waals surface area contributed by atoms with E-state index in [4.69, 9.17) is 4.98 Å². The maximum atomic E-state index is 11.8. The lowest BCUT2D eigenvalue weighted by Crippen LogP contribution is -2.39. The summed E-state index contributed by atoms with van der Waals surface area (Å²) in [5.41, 5.74) is 2.26. The molecular formula is C24H36BrN7O3. The van der Waals surface area contributed by atoms with Crippen LogP contribution in [0.3, 0.4) is 0 Å². The van der Waals surface area contributed by atoms with E-state index in [2.05, 4.69) is 65.8 Å². The zero-order valence-corrected chi connectivity index (χ0v) is 22.3. The molecule has 0 aliphatic carbocycles. The van der Waals surface area contributed by atoms with Gasteiger partial charge in [0.15, 0.2) is 0 Å². The van der Waals surface area contributed by atoms with E-state index in [1.807, 2.05) is 7.05 Å². The Kier molecular flexibility index (Phi) is 12.4. The highest BCUT2D eigenvalue weighted by molar-refractivity contribution is 9.10. The fraction of sp³-hybridized carbons (Fsp3) is 0.542. The highest BCUT2D eigenvalue weighted by Crippen LogP contribution is 2.15. The normalized spacial score (nSPS) is 11.8. The van der Waals surface area contributed by atoms with Crippen LogP contribution >= 0.6 is 15.9 Å². The third-order valence-electron chi connectivity index (χ3n) is 5.57. The SMILES string of the molecule is CCc1ccc(CCCCN(CCNC(C)=O)CCC(Nc2ncc(Br)cn2)C(=O)O)nc1NC. The zero-order valence-electron chi connectivity index (χ0n) is 20.7. The van der Waals surface area contributed by atoms with E-state index in [-0.39, 0.29) is 11.9 Å². The molecule has 0 aromatic carbocycles. The second-order valence-electron chi connectivity index (χ2n) is 8.24. The summed E-state index contributed by atoms with van der Waals surface area (Å²) < 4.78 is 0.720. The molecule has 0 aliphatic heterocycles. The van der Waals surface area contributed by atoms with Crippen molar-refractivity contribution in [3.8, 4) is 0 Å². The van der Waals surface area contributed by atoms with Crippen molar-refractivity contribution in [3.05, 3.63) is 40.3 Å².